The Hall–Kier alpha value is -3.04. The highest BCUT2D eigenvalue weighted by atomic mass is 19.3. The topological polar surface area (TPSA) is 99.3 Å². The van der Waals surface area contributed by atoms with Gasteiger partial charge in [-0.15, -0.1) is 0 Å². The van der Waals surface area contributed by atoms with E-state index in [4.69, 9.17) is 0 Å². The molecule has 10 heteroatoms. The first-order chi connectivity index (χ1) is 10.9. The molecule has 0 bridgehead atoms. The number of hydrogen-bond acceptors (Lipinski definition) is 5. The maximum atomic E-state index is 12.3. The lowest BCUT2D eigenvalue weighted by molar-refractivity contribution is -0.392. The summed E-state index contributed by atoms with van der Waals surface area (Å²) in [5, 5.41) is 13.2. The van der Waals surface area contributed by atoms with E-state index in [2.05, 4.69) is 15.0 Å². The molecule has 1 aromatic heterocycles. The van der Waals surface area contributed by atoms with Crippen molar-refractivity contribution in [3.8, 4) is 5.75 Å². The van der Waals surface area contributed by atoms with Crippen LogP contribution in [-0.4, -0.2) is 27.0 Å². The molecule has 0 spiro atoms. The van der Waals surface area contributed by atoms with Gasteiger partial charge in [0.15, 0.2) is 12.4 Å². The summed E-state index contributed by atoms with van der Waals surface area (Å²) < 4.78 is 30.0. The number of ether oxygens (including phenoxy) is 1. The van der Waals surface area contributed by atoms with Crippen molar-refractivity contribution in [3.63, 3.8) is 0 Å². The van der Waals surface area contributed by atoms with Crippen LogP contribution in [0.15, 0.2) is 30.5 Å². The second kappa shape index (κ2) is 6.81. The molecule has 1 N–H and O–H groups in total. The molecular weight excluding hydrogens is 314 g/mol. The third-order valence-corrected chi connectivity index (χ3v) is 2.90. The highest BCUT2D eigenvalue weighted by molar-refractivity contribution is 5.92. The molecule has 0 atom stereocenters. The molecule has 1 amide bonds. The molecule has 122 valence electrons. The van der Waals surface area contributed by atoms with Crippen LogP contribution in [-0.2, 0) is 11.3 Å². The second-order valence-corrected chi connectivity index (χ2v) is 4.43. The Balaban J connectivity index is 2.15. The normalized spacial score (nSPS) is 10.6. The van der Waals surface area contributed by atoms with E-state index in [9.17, 15) is 23.7 Å². The molecule has 0 saturated heterocycles. The molecule has 0 unspecified atom stereocenters. The maximum absolute atomic E-state index is 12.3. The fraction of sp³-hybridized carbons (Fsp3) is 0.231. The van der Waals surface area contributed by atoms with Crippen molar-refractivity contribution in [3.05, 3.63) is 46.4 Å². The van der Waals surface area contributed by atoms with Crippen molar-refractivity contribution < 1.29 is 23.2 Å². The summed E-state index contributed by atoms with van der Waals surface area (Å²) in [6.07, 6.45) is 1.04. The monoisotopic (exact) mass is 326 g/mol. The van der Waals surface area contributed by atoms with Gasteiger partial charge < -0.3 is 20.2 Å². The van der Waals surface area contributed by atoms with Crippen LogP contribution < -0.4 is 10.1 Å². The summed E-state index contributed by atoms with van der Waals surface area (Å²) in [5.74, 6) is -0.897. The zero-order chi connectivity index (χ0) is 17.0. The third-order valence-electron chi connectivity index (χ3n) is 2.90. The second-order valence-electron chi connectivity index (χ2n) is 4.43. The largest absolute Gasteiger partial charge is 0.433 e. The number of imidazole rings is 1. The predicted octanol–water partition coefficient (Wildman–Crippen LogP) is 2.34. The first-order valence-electron chi connectivity index (χ1n) is 6.38. The summed E-state index contributed by atoms with van der Waals surface area (Å²) in [6, 6.07) is 5.65. The molecule has 1 heterocycles. The molecular formula is C13H12F2N4O4. The van der Waals surface area contributed by atoms with Crippen LogP contribution in [0.25, 0.3) is 0 Å². The van der Waals surface area contributed by atoms with Crippen molar-refractivity contribution in [2.75, 3.05) is 5.32 Å². The van der Waals surface area contributed by atoms with Crippen LogP contribution in [0.1, 0.15) is 5.82 Å². The number of anilines is 1. The van der Waals surface area contributed by atoms with Crippen LogP contribution in [0.4, 0.5) is 20.3 Å². The van der Waals surface area contributed by atoms with Crippen LogP contribution in [0.5, 0.6) is 5.75 Å². The number of aryl methyl sites for hydroxylation is 1. The number of halogens is 2. The lowest BCUT2D eigenvalue weighted by Gasteiger charge is -2.11. The maximum Gasteiger partial charge on any atom is 0.387 e. The van der Waals surface area contributed by atoms with Crippen molar-refractivity contribution in [2.24, 2.45) is 0 Å². The number of alkyl halides is 2. The van der Waals surface area contributed by atoms with Gasteiger partial charge in [0.1, 0.15) is 11.9 Å². The summed E-state index contributed by atoms with van der Waals surface area (Å²) in [4.78, 5) is 26.0. The minimum atomic E-state index is -3.04. The van der Waals surface area contributed by atoms with E-state index >= 15 is 0 Å². The number of amides is 1. The average molecular weight is 326 g/mol. The number of nitro groups is 1. The van der Waals surface area contributed by atoms with Gasteiger partial charge in [0.2, 0.25) is 0 Å². The Morgan fingerprint density at radius 1 is 1.48 bits per heavy atom. The number of nitrogens with one attached hydrogen (secondary N) is 1. The molecule has 8 nitrogen and oxygen atoms in total. The quantitative estimate of drug-likeness (QED) is 0.649. The Kier molecular flexibility index (Phi) is 4.84. The molecule has 0 saturated carbocycles. The number of hydrogen-bond donors (Lipinski definition) is 1. The third kappa shape index (κ3) is 3.99. The van der Waals surface area contributed by atoms with E-state index in [0.717, 1.165) is 10.8 Å². The van der Waals surface area contributed by atoms with Gasteiger partial charge in [-0.2, -0.15) is 8.78 Å². The van der Waals surface area contributed by atoms with E-state index in [-0.39, 0.29) is 29.6 Å². The molecule has 0 aliphatic rings. The van der Waals surface area contributed by atoms with Crippen LogP contribution in [0, 0.1) is 17.0 Å². The van der Waals surface area contributed by atoms with Crippen molar-refractivity contribution in [1.29, 1.82) is 0 Å². The smallest absolute Gasteiger partial charge is 0.387 e. The minimum Gasteiger partial charge on any atom is -0.433 e. The fourth-order valence-corrected chi connectivity index (χ4v) is 1.90. The Bertz CT molecular complexity index is 733. The van der Waals surface area contributed by atoms with E-state index in [0.29, 0.717) is 0 Å². The van der Waals surface area contributed by atoms with Gasteiger partial charge in [0, 0.05) is 6.92 Å². The Morgan fingerprint density at radius 3 is 2.83 bits per heavy atom. The number of rotatable bonds is 6. The van der Waals surface area contributed by atoms with E-state index in [1.54, 1.807) is 0 Å². The van der Waals surface area contributed by atoms with E-state index in [1.165, 1.54) is 31.2 Å². The molecule has 0 aliphatic carbocycles. The van der Waals surface area contributed by atoms with Gasteiger partial charge in [0.25, 0.3) is 5.91 Å². The molecule has 1 aromatic carbocycles. The fourth-order valence-electron chi connectivity index (χ4n) is 1.90. The number of benzene rings is 1. The van der Waals surface area contributed by atoms with Crippen LogP contribution >= 0.6 is 0 Å². The number of carbonyl (C=O) groups is 1. The van der Waals surface area contributed by atoms with E-state index in [1.807, 2.05) is 0 Å². The first kappa shape index (κ1) is 16.3. The van der Waals surface area contributed by atoms with E-state index < -0.39 is 17.4 Å². The summed E-state index contributed by atoms with van der Waals surface area (Å²) >= 11 is 0. The molecule has 0 aliphatic heterocycles. The SMILES string of the molecule is Cc1ncc([N+](=O)[O-])n1CC(=O)Nc1ccccc1OC(F)F. The van der Waals surface area contributed by atoms with Crippen molar-refractivity contribution in [2.45, 2.75) is 20.1 Å². The number of aromatic nitrogens is 2. The standard InChI is InChI=1S/C13H12F2N4O4/c1-8-16-6-12(19(21)22)18(8)7-11(20)17-9-4-2-3-5-10(9)23-13(14)15/h2-6,13H,7H2,1H3,(H,17,20). The van der Waals surface area contributed by atoms with Crippen LogP contribution in [0.2, 0.25) is 0 Å². The number of nitrogens with zero attached hydrogens (tertiary/aromatic N) is 3. The predicted molar refractivity (Wildman–Crippen MR) is 75.3 cm³/mol. The molecule has 2 rings (SSSR count). The van der Waals surface area contributed by atoms with Crippen LogP contribution in [0.3, 0.4) is 0 Å². The summed E-state index contributed by atoms with van der Waals surface area (Å²) in [6.45, 7) is -1.91. The van der Waals surface area contributed by atoms with Gasteiger partial charge in [-0.05, 0) is 17.1 Å². The molecule has 2 aromatic rings. The lowest BCUT2D eigenvalue weighted by atomic mass is 10.3. The highest BCUT2D eigenvalue weighted by Gasteiger charge is 2.21. The van der Waals surface area contributed by atoms with Gasteiger partial charge in [0.05, 0.1) is 5.69 Å². The first-order valence-corrected chi connectivity index (χ1v) is 6.38. The van der Waals surface area contributed by atoms with Gasteiger partial charge in [-0.3, -0.25) is 4.79 Å². The van der Waals surface area contributed by atoms with Gasteiger partial charge in [-0.25, -0.2) is 9.55 Å². The molecule has 0 fully saturated rings. The number of carbonyl (C=O) groups excluding carboxylic acids is 1. The highest BCUT2D eigenvalue weighted by Crippen LogP contribution is 2.25. The molecule has 0 radical (unpaired) electrons. The van der Waals surface area contributed by atoms with Crippen molar-refractivity contribution >= 4 is 17.4 Å². The zero-order valence-electron chi connectivity index (χ0n) is 11.9. The summed E-state index contributed by atoms with van der Waals surface area (Å²) in [7, 11) is 0. The Labute approximate surface area is 128 Å². The minimum absolute atomic E-state index is 0.0400. The Morgan fingerprint density at radius 2 is 2.17 bits per heavy atom. The lowest BCUT2D eigenvalue weighted by Crippen LogP contribution is -2.21. The zero-order valence-corrected chi connectivity index (χ0v) is 11.9. The van der Waals surface area contributed by atoms with Gasteiger partial charge in [-0.1, -0.05) is 12.1 Å². The van der Waals surface area contributed by atoms with Gasteiger partial charge >= 0.3 is 12.4 Å². The number of para-hydroxylation sites is 2. The average Bonchev–Trinajstić information content (AvgIpc) is 2.82. The summed E-state index contributed by atoms with van der Waals surface area (Å²) in [5.41, 5.74) is 0.0400. The molecule has 23 heavy (non-hydrogen) atoms. The van der Waals surface area contributed by atoms with Crippen molar-refractivity contribution in [1.82, 2.24) is 9.55 Å².